The minimum Gasteiger partial charge on any atom is -0.467 e. The Morgan fingerprint density at radius 2 is 2.00 bits per heavy atom. The number of benzene rings is 1. The fourth-order valence-corrected chi connectivity index (χ4v) is 3.78. The Labute approximate surface area is 187 Å². The third-order valence-electron chi connectivity index (χ3n) is 5.46. The Balaban J connectivity index is 1.62. The average molecular weight is 453 g/mol. The summed E-state index contributed by atoms with van der Waals surface area (Å²) in [7, 11) is 0. The summed E-state index contributed by atoms with van der Waals surface area (Å²) in [6.45, 7) is 3.56. The van der Waals surface area contributed by atoms with Crippen molar-refractivity contribution in [3.8, 4) is 0 Å². The zero-order valence-corrected chi connectivity index (χ0v) is 18.0. The fraction of sp³-hybridized carbons (Fsp3) is 0.217. The maximum atomic E-state index is 14.5. The Bertz CT molecular complexity index is 1350. The van der Waals surface area contributed by atoms with Crippen molar-refractivity contribution in [1.29, 1.82) is 0 Å². The molecule has 4 aromatic rings. The van der Waals surface area contributed by atoms with E-state index in [0.717, 1.165) is 17.7 Å². The van der Waals surface area contributed by atoms with Crippen LogP contribution in [-0.4, -0.2) is 26.4 Å². The average Bonchev–Trinajstić information content (AvgIpc) is 3.42. The van der Waals surface area contributed by atoms with Crippen LogP contribution in [0.15, 0.2) is 47.2 Å². The molecule has 0 bridgehead atoms. The molecule has 170 valence electrons. The van der Waals surface area contributed by atoms with Crippen LogP contribution >= 0.6 is 0 Å². The van der Waals surface area contributed by atoms with Gasteiger partial charge in [-0.05, 0) is 50.1 Å². The van der Waals surface area contributed by atoms with E-state index >= 15 is 0 Å². The standard InChI is InChI=1S/C23H21F2N5O3/c1-13-17(14(2)30-23(28-13)18(11-27-30)22(26)32)6-8-21(31)29(12-16-4-3-9-33-16)20-7-5-15(24)10-19(20)25/h3-5,7,9-11H,6,8,12H2,1-2H3,(H2,26,32). The third-order valence-corrected chi connectivity index (χ3v) is 5.46. The molecular weight excluding hydrogens is 432 g/mol. The van der Waals surface area contributed by atoms with Crippen molar-refractivity contribution in [3.05, 3.63) is 82.7 Å². The summed E-state index contributed by atoms with van der Waals surface area (Å²) in [4.78, 5) is 30.5. The first-order chi connectivity index (χ1) is 15.8. The number of nitrogens with zero attached hydrogens (tertiary/aromatic N) is 4. The molecule has 0 saturated heterocycles. The highest BCUT2D eigenvalue weighted by molar-refractivity contribution is 5.98. The first-order valence-corrected chi connectivity index (χ1v) is 10.2. The quantitative estimate of drug-likeness (QED) is 0.461. The highest BCUT2D eigenvalue weighted by Crippen LogP contribution is 2.25. The topological polar surface area (TPSA) is 107 Å². The molecule has 0 fully saturated rings. The van der Waals surface area contributed by atoms with Crippen molar-refractivity contribution in [1.82, 2.24) is 14.6 Å². The predicted molar refractivity (Wildman–Crippen MR) is 116 cm³/mol. The van der Waals surface area contributed by atoms with Gasteiger partial charge < -0.3 is 15.1 Å². The number of carbonyl (C=O) groups is 2. The van der Waals surface area contributed by atoms with E-state index in [-0.39, 0.29) is 30.1 Å². The SMILES string of the molecule is Cc1nc2c(C(N)=O)cnn2c(C)c1CCC(=O)N(Cc1ccco1)c1ccc(F)cc1F. The van der Waals surface area contributed by atoms with Gasteiger partial charge in [-0.25, -0.2) is 18.3 Å². The number of furan rings is 1. The smallest absolute Gasteiger partial charge is 0.254 e. The molecule has 3 aromatic heterocycles. The lowest BCUT2D eigenvalue weighted by atomic mass is 10.1. The molecule has 3 heterocycles. The summed E-state index contributed by atoms with van der Waals surface area (Å²) in [6.07, 6.45) is 3.13. The first-order valence-electron chi connectivity index (χ1n) is 10.2. The molecule has 8 nitrogen and oxygen atoms in total. The zero-order valence-electron chi connectivity index (χ0n) is 18.0. The van der Waals surface area contributed by atoms with Crippen molar-refractivity contribution < 1.29 is 22.8 Å². The molecule has 1 aromatic carbocycles. The van der Waals surface area contributed by atoms with E-state index in [9.17, 15) is 18.4 Å². The lowest BCUT2D eigenvalue weighted by molar-refractivity contribution is -0.118. The minimum absolute atomic E-state index is 0.00916. The largest absolute Gasteiger partial charge is 0.467 e. The molecule has 0 saturated carbocycles. The maximum Gasteiger partial charge on any atom is 0.254 e. The zero-order chi connectivity index (χ0) is 23.7. The number of aryl methyl sites for hydroxylation is 2. The summed E-state index contributed by atoms with van der Waals surface area (Å²) in [5.41, 5.74) is 8.00. The van der Waals surface area contributed by atoms with Gasteiger partial charge in [-0.15, -0.1) is 0 Å². The number of anilines is 1. The van der Waals surface area contributed by atoms with Crippen LogP contribution < -0.4 is 10.6 Å². The second-order valence-electron chi connectivity index (χ2n) is 7.57. The van der Waals surface area contributed by atoms with Crippen LogP contribution in [-0.2, 0) is 17.8 Å². The van der Waals surface area contributed by atoms with Crippen molar-refractivity contribution in [2.24, 2.45) is 5.73 Å². The van der Waals surface area contributed by atoms with Crippen LogP contribution in [0.4, 0.5) is 14.5 Å². The van der Waals surface area contributed by atoms with Crippen molar-refractivity contribution in [2.45, 2.75) is 33.2 Å². The van der Waals surface area contributed by atoms with Gasteiger partial charge in [-0.2, -0.15) is 5.10 Å². The second kappa shape index (κ2) is 8.81. The molecule has 33 heavy (non-hydrogen) atoms. The van der Waals surface area contributed by atoms with Crippen molar-refractivity contribution in [3.63, 3.8) is 0 Å². The van der Waals surface area contributed by atoms with Crippen molar-refractivity contribution >= 4 is 23.1 Å². The number of amides is 2. The highest BCUT2D eigenvalue weighted by Gasteiger charge is 2.23. The van der Waals surface area contributed by atoms with Gasteiger partial charge >= 0.3 is 0 Å². The molecule has 0 aliphatic rings. The Hall–Kier alpha value is -4.08. The fourth-order valence-electron chi connectivity index (χ4n) is 3.78. The lowest BCUT2D eigenvalue weighted by Gasteiger charge is -2.23. The number of fused-ring (bicyclic) bond motifs is 1. The molecule has 0 unspecified atom stereocenters. The summed E-state index contributed by atoms with van der Waals surface area (Å²) < 4.78 is 34.7. The van der Waals surface area contributed by atoms with Gasteiger partial charge in [0.25, 0.3) is 5.91 Å². The van der Waals surface area contributed by atoms with Gasteiger partial charge in [0.1, 0.15) is 23.0 Å². The van der Waals surface area contributed by atoms with Crippen molar-refractivity contribution in [2.75, 3.05) is 4.90 Å². The minimum atomic E-state index is -0.846. The van der Waals surface area contributed by atoms with Gasteiger partial charge in [0, 0.05) is 23.9 Å². The maximum absolute atomic E-state index is 14.5. The molecule has 4 rings (SSSR count). The van der Waals surface area contributed by atoms with Gasteiger partial charge in [0.05, 0.1) is 24.7 Å². The number of halogens is 2. The van der Waals surface area contributed by atoms with E-state index in [2.05, 4.69) is 10.1 Å². The number of hydrogen-bond donors (Lipinski definition) is 1. The van der Waals surface area contributed by atoms with Gasteiger partial charge in [-0.1, -0.05) is 0 Å². The first kappa shape index (κ1) is 22.1. The number of nitrogens with two attached hydrogens (primary N) is 1. The predicted octanol–water partition coefficient (Wildman–Crippen LogP) is 3.48. The summed E-state index contributed by atoms with van der Waals surface area (Å²) in [5, 5.41) is 4.18. The van der Waals surface area contributed by atoms with Crippen LogP contribution in [0.3, 0.4) is 0 Å². The number of hydrogen-bond acceptors (Lipinski definition) is 5. The lowest BCUT2D eigenvalue weighted by Crippen LogP contribution is -2.31. The summed E-state index contributed by atoms with van der Waals surface area (Å²) in [6, 6.07) is 6.39. The monoisotopic (exact) mass is 453 g/mol. The van der Waals surface area contributed by atoms with E-state index in [1.54, 1.807) is 26.0 Å². The molecular formula is C23H21F2N5O3. The van der Waals surface area contributed by atoms with Crippen LogP contribution in [0.1, 0.15) is 39.5 Å². The Kier molecular flexibility index (Phi) is 5.91. The molecule has 0 atom stereocenters. The Morgan fingerprint density at radius 3 is 2.67 bits per heavy atom. The van der Waals surface area contributed by atoms with E-state index in [1.165, 1.54) is 27.9 Å². The number of primary amides is 1. The van der Waals surface area contributed by atoms with Gasteiger partial charge in [0.15, 0.2) is 5.65 Å². The van der Waals surface area contributed by atoms with E-state index < -0.39 is 17.5 Å². The van der Waals surface area contributed by atoms with Crippen LogP contribution in [0.5, 0.6) is 0 Å². The van der Waals surface area contributed by atoms with E-state index in [4.69, 9.17) is 10.2 Å². The molecule has 0 spiro atoms. The summed E-state index contributed by atoms with van der Waals surface area (Å²) >= 11 is 0. The number of carbonyl (C=O) groups excluding carboxylic acids is 2. The van der Waals surface area contributed by atoms with E-state index in [1.807, 2.05) is 0 Å². The normalized spacial score (nSPS) is 11.2. The van der Waals surface area contributed by atoms with Gasteiger partial charge in [0.2, 0.25) is 5.91 Å². The molecule has 0 radical (unpaired) electrons. The van der Waals surface area contributed by atoms with Gasteiger partial charge in [-0.3, -0.25) is 9.59 Å². The third kappa shape index (κ3) is 4.32. The molecule has 10 heteroatoms. The highest BCUT2D eigenvalue weighted by atomic mass is 19.1. The Morgan fingerprint density at radius 1 is 1.21 bits per heavy atom. The summed E-state index contributed by atoms with van der Waals surface area (Å²) in [5.74, 6) is -2.14. The van der Waals surface area contributed by atoms with E-state index in [0.29, 0.717) is 29.2 Å². The second-order valence-corrected chi connectivity index (χ2v) is 7.57. The van der Waals surface area contributed by atoms with Crippen LogP contribution in [0.2, 0.25) is 0 Å². The molecule has 2 N–H and O–H groups in total. The molecule has 0 aliphatic heterocycles. The van der Waals surface area contributed by atoms with Crippen LogP contribution in [0.25, 0.3) is 5.65 Å². The number of aromatic nitrogens is 3. The number of rotatable bonds is 7. The molecule has 0 aliphatic carbocycles. The molecule has 2 amide bonds. The van der Waals surface area contributed by atoms with Crippen LogP contribution in [0, 0.1) is 25.5 Å².